The molecule has 0 aliphatic rings. The summed E-state index contributed by atoms with van der Waals surface area (Å²) in [6.45, 7) is 2.21. The van der Waals surface area contributed by atoms with E-state index in [-0.39, 0.29) is 6.10 Å². The summed E-state index contributed by atoms with van der Waals surface area (Å²) in [6.07, 6.45) is 0.733. The van der Waals surface area contributed by atoms with Crippen LogP contribution in [-0.2, 0) is 14.5 Å². The van der Waals surface area contributed by atoms with E-state index in [0.29, 0.717) is 24.3 Å². The van der Waals surface area contributed by atoms with Gasteiger partial charge < -0.3 is 9.47 Å². The number of carbonyl (C=O) groups is 1. The Labute approximate surface area is 107 Å². The molecule has 0 saturated heterocycles. The topological polar surface area (TPSA) is 54.0 Å². The van der Waals surface area contributed by atoms with Gasteiger partial charge in [0.1, 0.15) is 5.75 Å². The standard InChI is InChI=1S/C13H18O5/c1-10(15-2)8-9-17-18-13(14)11-4-6-12(16-3)7-5-11/h4-7,10H,8-9H2,1-3H3. The molecule has 18 heavy (non-hydrogen) atoms. The van der Waals surface area contributed by atoms with E-state index in [0.717, 1.165) is 0 Å². The normalized spacial score (nSPS) is 11.9. The lowest BCUT2D eigenvalue weighted by Crippen LogP contribution is -2.12. The van der Waals surface area contributed by atoms with Crippen LogP contribution in [0.1, 0.15) is 23.7 Å². The van der Waals surface area contributed by atoms with Gasteiger partial charge in [-0.2, -0.15) is 4.89 Å². The molecule has 5 nitrogen and oxygen atoms in total. The monoisotopic (exact) mass is 254 g/mol. The third kappa shape index (κ3) is 4.73. The fourth-order valence-corrected chi connectivity index (χ4v) is 1.20. The summed E-state index contributed by atoms with van der Waals surface area (Å²) in [5.41, 5.74) is 0.413. The van der Waals surface area contributed by atoms with E-state index in [1.54, 1.807) is 38.5 Å². The summed E-state index contributed by atoms with van der Waals surface area (Å²) < 4.78 is 10.0. The zero-order valence-corrected chi connectivity index (χ0v) is 10.8. The molecule has 0 heterocycles. The van der Waals surface area contributed by atoms with Crippen molar-refractivity contribution in [1.82, 2.24) is 0 Å². The fraction of sp³-hybridized carbons (Fsp3) is 0.462. The third-order valence-corrected chi connectivity index (χ3v) is 2.47. The van der Waals surface area contributed by atoms with Crippen LogP contribution < -0.4 is 4.74 Å². The summed E-state index contributed by atoms with van der Waals surface area (Å²) in [7, 11) is 3.18. The molecule has 0 aromatic heterocycles. The third-order valence-electron chi connectivity index (χ3n) is 2.47. The van der Waals surface area contributed by atoms with Gasteiger partial charge in [0.25, 0.3) is 0 Å². The van der Waals surface area contributed by atoms with E-state index in [1.165, 1.54) is 0 Å². The average molecular weight is 254 g/mol. The Hall–Kier alpha value is -1.59. The molecule has 0 amide bonds. The molecule has 0 spiro atoms. The average Bonchev–Trinajstić information content (AvgIpc) is 2.43. The van der Waals surface area contributed by atoms with Crippen molar-refractivity contribution >= 4 is 5.97 Å². The molecule has 100 valence electrons. The summed E-state index contributed by atoms with van der Waals surface area (Å²) in [5, 5.41) is 0. The van der Waals surface area contributed by atoms with Gasteiger partial charge in [-0.05, 0) is 31.2 Å². The van der Waals surface area contributed by atoms with Crippen LogP contribution in [0.4, 0.5) is 0 Å². The van der Waals surface area contributed by atoms with E-state index >= 15 is 0 Å². The first-order valence-corrected chi connectivity index (χ1v) is 5.68. The summed E-state index contributed by atoms with van der Waals surface area (Å²) in [5.74, 6) is 0.157. The quantitative estimate of drug-likeness (QED) is 0.424. The molecule has 1 rings (SSSR count). The lowest BCUT2D eigenvalue weighted by molar-refractivity contribution is -0.244. The number of rotatable bonds is 7. The second kappa shape index (κ2) is 7.68. The van der Waals surface area contributed by atoms with Crippen LogP contribution in [0.3, 0.4) is 0 Å². The predicted molar refractivity (Wildman–Crippen MR) is 65.4 cm³/mol. The second-order valence-corrected chi connectivity index (χ2v) is 3.76. The van der Waals surface area contributed by atoms with Crippen molar-refractivity contribution in [1.29, 1.82) is 0 Å². The zero-order valence-electron chi connectivity index (χ0n) is 10.8. The maximum atomic E-state index is 11.5. The van der Waals surface area contributed by atoms with Crippen LogP contribution in [0, 0.1) is 0 Å². The highest BCUT2D eigenvalue weighted by Gasteiger charge is 2.08. The summed E-state index contributed by atoms with van der Waals surface area (Å²) in [4.78, 5) is 21.0. The molecule has 0 bridgehead atoms. The van der Waals surface area contributed by atoms with Gasteiger partial charge >= 0.3 is 5.97 Å². The van der Waals surface area contributed by atoms with Crippen LogP contribution in [0.5, 0.6) is 5.75 Å². The maximum absolute atomic E-state index is 11.5. The highest BCUT2D eigenvalue weighted by atomic mass is 17.2. The number of methoxy groups -OCH3 is 2. The SMILES string of the molecule is COc1ccc(C(=O)OOCCC(C)OC)cc1. The van der Waals surface area contributed by atoms with Gasteiger partial charge in [-0.1, -0.05) is 0 Å². The second-order valence-electron chi connectivity index (χ2n) is 3.76. The predicted octanol–water partition coefficient (Wildman–Crippen LogP) is 2.21. The molecular weight excluding hydrogens is 236 g/mol. The summed E-state index contributed by atoms with van der Waals surface area (Å²) in [6, 6.07) is 6.60. The van der Waals surface area contributed by atoms with Crippen molar-refractivity contribution in [3.05, 3.63) is 29.8 Å². The zero-order chi connectivity index (χ0) is 13.4. The Morgan fingerprint density at radius 3 is 2.44 bits per heavy atom. The smallest absolute Gasteiger partial charge is 0.373 e. The molecule has 1 aromatic rings. The minimum Gasteiger partial charge on any atom is -0.497 e. The summed E-state index contributed by atoms with van der Waals surface area (Å²) >= 11 is 0. The molecule has 1 aromatic carbocycles. The van der Waals surface area contributed by atoms with Gasteiger partial charge in [-0.25, -0.2) is 4.79 Å². The number of hydrogen-bond acceptors (Lipinski definition) is 5. The Balaban J connectivity index is 2.31. The highest BCUT2D eigenvalue weighted by Crippen LogP contribution is 2.12. The minimum absolute atomic E-state index is 0.0738. The van der Waals surface area contributed by atoms with Crippen molar-refractivity contribution in [2.45, 2.75) is 19.4 Å². The Kier molecular flexibility index (Phi) is 6.18. The number of benzene rings is 1. The van der Waals surface area contributed by atoms with Gasteiger partial charge in [0.15, 0.2) is 0 Å². The first-order chi connectivity index (χ1) is 8.67. The van der Waals surface area contributed by atoms with Crippen LogP contribution >= 0.6 is 0 Å². The van der Waals surface area contributed by atoms with Crippen molar-refractivity contribution in [2.24, 2.45) is 0 Å². The molecule has 0 fully saturated rings. The number of ether oxygens (including phenoxy) is 2. The fourth-order valence-electron chi connectivity index (χ4n) is 1.20. The van der Waals surface area contributed by atoms with Crippen molar-refractivity contribution in [3.63, 3.8) is 0 Å². The Morgan fingerprint density at radius 2 is 1.89 bits per heavy atom. The first kappa shape index (κ1) is 14.5. The molecule has 0 aliphatic heterocycles. The van der Waals surface area contributed by atoms with E-state index in [9.17, 15) is 4.79 Å². The first-order valence-electron chi connectivity index (χ1n) is 5.68. The molecular formula is C13H18O5. The molecule has 1 unspecified atom stereocenters. The lowest BCUT2D eigenvalue weighted by atomic mass is 10.2. The van der Waals surface area contributed by atoms with Crippen LogP contribution in [0.15, 0.2) is 24.3 Å². The van der Waals surface area contributed by atoms with Gasteiger partial charge in [0, 0.05) is 13.5 Å². The van der Waals surface area contributed by atoms with E-state index in [1.807, 2.05) is 6.92 Å². The van der Waals surface area contributed by atoms with Crippen LogP contribution in [0.25, 0.3) is 0 Å². The molecule has 0 radical (unpaired) electrons. The maximum Gasteiger partial charge on any atom is 0.373 e. The van der Waals surface area contributed by atoms with Crippen molar-refractivity contribution in [3.8, 4) is 5.75 Å². The van der Waals surface area contributed by atoms with Gasteiger partial charge in [0.05, 0.1) is 25.4 Å². The molecule has 0 N–H and O–H groups in total. The largest absolute Gasteiger partial charge is 0.497 e. The van der Waals surface area contributed by atoms with E-state index in [4.69, 9.17) is 14.4 Å². The number of carbonyl (C=O) groups excluding carboxylic acids is 1. The van der Waals surface area contributed by atoms with Crippen molar-refractivity contribution in [2.75, 3.05) is 20.8 Å². The Bertz CT molecular complexity index is 360. The molecule has 1 atom stereocenters. The molecule has 0 aliphatic carbocycles. The van der Waals surface area contributed by atoms with Crippen LogP contribution in [-0.4, -0.2) is 32.9 Å². The van der Waals surface area contributed by atoms with Gasteiger partial charge in [-0.3, -0.25) is 4.89 Å². The lowest BCUT2D eigenvalue weighted by Gasteiger charge is -2.08. The molecule has 5 heteroatoms. The highest BCUT2D eigenvalue weighted by molar-refractivity contribution is 5.89. The van der Waals surface area contributed by atoms with Gasteiger partial charge in [-0.15, -0.1) is 0 Å². The Morgan fingerprint density at radius 1 is 1.22 bits per heavy atom. The molecule has 0 saturated carbocycles. The van der Waals surface area contributed by atoms with E-state index in [2.05, 4.69) is 4.89 Å². The minimum atomic E-state index is -0.525. The number of hydrogen-bond donors (Lipinski definition) is 0. The van der Waals surface area contributed by atoms with Gasteiger partial charge in [0.2, 0.25) is 0 Å². The van der Waals surface area contributed by atoms with E-state index < -0.39 is 5.97 Å². The van der Waals surface area contributed by atoms with Crippen LogP contribution in [0.2, 0.25) is 0 Å². The van der Waals surface area contributed by atoms with Crippen molar-refractivity contribution < 1.29 is 24.0 Å².